The van der Waals surface area contributed by atoms with Gasteiger partial charge in [0, 0.05) is 38.4 Å². The largest absolute Gasteiger partial charge is 0.483 e. The fourth-order valence-electron chi connectivity index (χ4n) is 3.17. The van der Waals surface area contributed by atoms with E-state index in [1.165, 1.54) is 0 Å². The third-order valence-electron chi connectivity index (χ3n) is 4.53. The lowest BCUT2D eigenvalue weighted by atomic mass is 10.2. The summed E-state index contributed by atoms with van der Waals surface area (Å²) in [5, 5.41) is 14.8. The highest BCUT2D eigenvalue weighted by Gasteiger charge is 2.21. The van der Waals surface area contributed by atoms with Crippen molar-refractivity contribution >= 4 is 12.4 Å². The van der Waals surface area contributed by atoms with Gasteiger partial charge in [0.15, 0.2) is 0 Å². The van der Waals surface area contributed by atoms with Crippen molar-refractivity contribution in [2.24, 2.45) is 0 Å². The average molecular weight is 389 g/mol. The summed E-state index contributed by atoms with van der Waals surface area (Å²) in [4.78, 5) is 34.0. The molecule has 1 aliphatic rings. The van der Waals surface area contributed by atoms with Crippen LogP contribution in [0.4, 0.5) is 0 Å². The smallest absolute Gasteiger partial charge is 0.290 e. The number of amides is 1. The topological polar surface area (TPSA) is 117 Å². The Balaban J connectivity index is 0.000000878. The first kappa shape index (κ1) is 21.4. The van der Waals surface area contributed by atoms with Crippen molar-refractivity contribution in [2.75, 3.05) is 32.7 Å². The molecule has 0 unspecified atom stereocenters. The Hall–Kier alpha value is -2.88. The van der Waals surface area contributed by atoms with Gasteiger partial charge in [-0.2, -0.15) is 0 Å². The second kappa shape index (κ2) is 10.5. The number of nitrogens with zero attached hydrogens (tertiary/aromatic N) is 7. The van der Waals surface area contributed by atoms with Gasteiger partial charge in [0.05, 0.1) is 0 Å². The van der Waals surface area contributed by atoms with Crippen molar-refractivity contribution in [3.05, 3.63) is 35.4 Å². The summed E-state index contributed by atoms with van der Waals surface area (Å²) >= 11 is 0. The fraction of sp³-hybridized carbons (Fsp3) is 0.556. The molecule has 28 heavy (non-hydrogen) atoms. The molecule has 0 saturated carbocycles. The third kappa shape index (κ3) is 6.08. The highest BCUT2D eigenvalue weighted by Crippen LogP contribution is 2.09. The van der Waals surface area contributed by atoms with Crippen molar-refractivity contribution in [3.8, 4) is 0 Å². The maximum absolute atomic E-state index is 12.7. The summed E-state index contributed by atoms with van der Waals surface area (Å²) in [6, 6.07) is 1.77. The first-order valence-corrected chi connectivity index (χ1v) is 9.20. The van der Waals surface area contributed by atoms with Gasteiger partial charge in [-0.3, -0.25) is 14.5 Å². The number of hydrogen-bond acceptors (Lipinski definition) is 7. The molecule has 2 aromatic heterocycles. The summed E-state index contributed by atoms with van der Waals surface area (Å²) in [6.07, 6.45) is 2.73. The van der Waals surface area contributed by atoms with Crippen molar-refractivity contribution < 1.29 is 14.7 Å². The van der Waals surface area contributed by atoms with Gasteiger partial charge in [0.1, 0.15) is 23.7 Å². The highest BCUT2D eigenvalue weighted by molar-refractivity contribution is 5.92. The Bertz CT molecular complexity index is 773. The summed E-state index contributed by atoms with van der Waals surface area (Å²) in [7, 11) is 0. The molecule has 1 fully saturated rings. The van der Waals surface area contributed by atoms with Crippen LogP contribution in [0.25, 0.3) is 0 Å². The Kier molecular flexibility index (Phi) is 8.00. The van der Waals surface area contributed by atoms with Gasteiger partial charge in [-0.1, -0.05) is 0 Å². The molecule has 152 valence electrons. The minimum absolute atomic E-state index is 0.00473. The molecule has 1 saturated heterocycles. The van der Waals surface area contributed by atoms with Crippen LogP contribution >= 0.6 is 0 Å². The Morgan fingerprint density at radius 3 is 2.54 bits per heavy atom. The first-order chi connectivity index (χ1) is 13.4. The molecule has 0 bridgehead atoms. The highest BCUT2D eigenvalue weighted by atomic mass is 16.3. The van der Waals surface area contributed by atoms with Gasteiger partial charge in [-0.25, -0.2) is 9.97 Å². The normalized spacial score (nSPS) is 14.8. The minimum atomic E-state index is -0.250. The number of aryl methyl sites for hydroxylation is 3. The SMILES string of the molecule is Cc1cc(C(=O)N2CCCN(CCn3cnnc3C)CC2)nc(C)n1.O=CO. The maximum atomic E-state index is 12.7. The lowest BCUT2D eigenvalue weighted by Crippen LogP contribution is -2.36. The van der Waals surface area contributed by atoms with Gasteiger partial charge < -0.3 is 14.6 Å². The Labute approximate surface area is 164 Å². The molecule has 10 heteroatoms. The molecular formula is C18H27N7O3. The van der Waals surface area contributed by atoms with E-state index in [1.54, 1.807) is 12.4 Å². The van der Waals surface area contributed by atoms with E-state index in [-0.39, 0.29) is 12.4 Å². The summed E-state index contributed by atoms with van der Waals surface area (Å²) < 4.78 is 2.06. The van der Waals surface area contributed by atoms with Crippen LogP contribution in [-0.4, -0.2) is 84.7 Å². The van der Waals surface area contributed by atoms with E-state index in [0.29, 0.717) is 11.5 Å². The molecule has 0 radical (unpaired) electrons. The van der Waals surface area contributed by atoms with E-state index in [4.69, 9.17) is 9.90 Å². The standard InChI is InChI=1S/C17H25N7O.CH2O2/c1-13-11-16(20-14(2)19-13)17(25)23-6-4-5-22(7-9-23)8-10-24-12-18-21-15(24)3;2-1-3/h11-12H,4-10H2,1-3H3;1H,(H,2,3). The van der Waals surface area contributed by atoms with Crippen molar-refractivity contribution in [2.45, 2.75) is 33.7 Å². The Morgan fingerprint density at radius 1 is 1.14 bits per heavy atom. The predicted octanol–water partition coefficient (Wildman–Crippen LogP) is 0.542. The Morgan fingerprint density at radius 2 is 1.89 bits per heavy atom. The van der Waals surface area contributed by atoms with Gasteiger partial charge in [-0.15, -0.1) is 10.2 Å². The number of carbonyl (C=O) groups excluding carboxylic acids is 1. The molecule has 3 heterocycles. The lowest BCUT2D eigenvalue weighted by molar-refractivity contribution is -0.122. The number of rotatable bonds is 4. The van der Waals surface area contributed by atoms with Crippen LogP contribution in [0.1, 0.15) is 34.3 Å². The molecule has 10 nitrogen and oxygen atoms in total. The van der Waals surface area contributed by atoms with E-state index >= 15 is 0 Å². The lowest BCUT2D eigenvalue weighted by Gasteiger charge is -2.22. The fourth-order valence-corrected chi connectivity index (χ4v) is 3.17. The second-order valence-electron chi connectivity index (χ2n) is 6.61. The molecule has 1 amide bonds. The number of carbonyl (C=O) groups is 2. The van der Waals surface area contributed by atoms with Crippen LogP contribution in [-0.2, 0) is 11.3 Å². The number of carboxylic acid groups (broad SMARTS) is 1. The van der Waals surface area contributed by atoms with E-state index in [9.17, 15) is 4.79 Å². The molecule has 1 N–H and O–H groups in total. The van der Waals surface area contributed by atoms with Crippen LogP contribution in [0.15, 0.2) is 12.4 Å². The molecule has 0 spiro atoms. The molecular weight excluding hydrogens is 362 g/mol. The van der Waals surface area contributed by atoms with Crippen LogP contribution in [0.3, 0.4) is 0 Å². The second-order valence-corrected chi connectivity index (χ2v) is 6.61. The van der Waals surface area contributed by atoms with Crippen LogP contribution in [0.5, 0.6) is 0 Å². The first-order valence-electron chi connectivity index (χ1n) is 9.20. The molecule has 0 aromatic carbocycles. The van der Waals surface area contributed by atoms with Crippen molar-refractivity contribution in [1.82, 2.24) is 34.5 Å². The minimum Gasteiger partial charge on any atom is -0.483 e. The zero-order chi connectivity index (χ0) is 20.5. The van der Waals surface area contributed by atoms with Crippen LogP contribution < -0.4 is 0 Å². The van der Waals surface area contributed by atoms with Crippen molar-refractivity contribution in [3.63, 3.8) is 0 Å². The van der Waals surface area contributed by atoms with Gasteiger partial charge >= 0.3 is 0 Å². The zero-order valence-corrected chi connectivity index (χ0v) is 16.6. The van der Waals surface area contributed by atoms with E-state index in [2.05, 4.69) is 29.6 Å². The van der Waals surface area contributed by atoms with Crippen LogP contribution in [0.2, 0.25) is 0 Å². The predicted molar refractivity (Wildman–Crippen MR) is 102 cm³/mol. The molecule has 0 aliphatic carbocycles. The van der Waals surface area contributed by atoms with Gasteiger partial charge in [0.25, 0.3) is 12.4 Å². The molecule has 3 rings (SSSR count). The molecule has 0 atom stereocenters. The van der Waals surface area contributed by atoms with E-state index in [0.717, 1.165) is 57.2 Å². The van der Waals surface area contributed by atoms with Crippen molar-refractivity contribution in [1.29, 1.82) is 0 Å². The van der Waals surface area contributed by atoms with Gasteiger partial charge in [-0.05, 0) is 39.8 Å². The van der Waals surface area contributed by atoms with Gasteiger partial charge in [0.2, 0.25) is 0 Å². The summed E-state index contributed by atoms with van der Waals surface area (Å²) in [5.41, 5.74) is 1.33. The molecule has 2 aromatic rings. The monoisotopic (exact) mass is 389 g/mol. The summed E-state index contributed by atoms with van der Waals surface area (Å²) in [5.74, 6) is 1.58. The zero-order valence-electron chi connectivity index (χ0n) is 16.6. The molecule has 1 aliphatic heterocycles. The summed E-state index contributed by atoms with van der Waals surface area (Å²) in [6.45, 7) is 10.6. The third-order valence-corrected chi connectivity index (χ3v) is 4.53. The maximum Gasteiger partial charge on any atom is 0.290 e. The average Bonchev–Trinajstić information content (AvgIpc) is 2.91. The quantitative estimate of drug-likeness (QED) is 0.753. The van der Waals surface area contributed by atoms with Crippen LogP contribution in [0, 0.1) is 20.8 Å². The number of hydrogen-bond donors (Lipinski definition) is 1. The van der Waals surface area contributed by atoms with E-state index in [1.807, 2.05) is 25.7 Å². The van der Waals surface area contributed by atoms with E-state index < -0.39 is 0 Å². The number of aromatic nitrogens is 5.